The molecule has 148 valence electrons. The lowest BCUT2D eigenvalue weighted by molar-refractivity contribution is -0.145. The highest BCUT2D eigenvalue weighted by Crippen LogP contribution is 2.37. The number of carbonyl (C=O) groups is 1. The predicted molar refractivity (Wildman–Crippen MR) is 104 cm³/mol. The molecule has 8 nitrogen and oxygen atoms in total. The van der Waals surface area contributed by atoms with E-state index < -0.39 is 30.2 Å². The fraction of sp³-hybridized carbons (Fsp3) is 0.526. The zero-order valence-corrected chi connectivity index (χ0v) is 16.0. The van der Waals surface area contributed by atoms with Crippen molar-refractivity contribution in [3.05, 3.63) is 29.8 Å². The van der Waals surface area contributed by atoms with Gasteiger partial charge in [-0.15, -0.1) is 0 Å². The number of amides is 1. The van der Waals surface area contributed by atoms with Crippen molar-refractivity contribution < 1.29 is 19.7 Å². The molecule has 2 heterocycles. The van der Waals surface area contributed by atoms with Gasteiger partial charge in [0.15, 0.2) is 5.11 Å². The topological polar surface area (TPSA) is 109 Å². The third-order valence-electron chi connectivity index (χ3n) is 5.74. The van der Waals surface area contributed by atoms with Gasteiger partial charge in [0.25, 0.3) is 0 Å². The Hall–Kier alpha value is -2.25. The summed E-state index contributed by atoms with van der Waals surface area (Å²) in [7, 11) is 0. The van der Waals surface area contributed by atoms with E-state index in [0.717, 1.165) is 0 Å². The lowest BCUT2D eigenvalue weighted by atomic mass is 9.77. The Kier molecular flexibility index (Phi) is 5.21. The van der Waals surface area contributed by atoms with E-state index in [0.29, 0.717) is 42.7 Å². The molecule has 1 amide bonds. The first-order chi connectivity index (χ1) is 13.5. The molecule has 0 bridgehead atoms. The highest BCUT2D eigenvalue weighted by molar-refractivity contribution is 7.80. The van der Waals surface area contributed by atoms with Gasteiger partial charge in [-0.05, 0) is 36.8 Å². The zero-order valence-electron chi connectivity index (χ0n) is 15.2. The molecule has 0 spiro atoms. The van der Waals surface area contributed by atoms with Crippen LogP contribution in [0.15, 0.2) is 24.3 Å². The monoisotopic (exact) mass is 402 g/mol. The first-order valence-electron chi connectivity index (χ1n) is 9.34. The number of nitrogens with one attached hydrogen (secondary N) is 1. The first kappa shape index (κ1) is 19.1. The Labute approximate surface area is 168 Å². The van der Waals surface area contributed by atoms with Crippen molar-refractivity contribution in [2.24, 2.45) is 5.92 Å². The van der Waals surface area contributed by atoms with Crippen molar-refractivity contribution >= 4 is 28.9 Å². The number of aliphatic hydroxyl groups is 2. The van der Waals surface area contributed by atoms with Crippen molar-refractivity contribution in [3.63, 3.8) is 0 Å². The molecule has 4 rings (SSSR count). The van der Waals surface area contributed by atoms with Gasteiger partial charge in [0.1, 0.15) is 6.10 Å². The molecule has 1 aliphatic carbocycles. The van der Waals surface area contributed by atoms with E-state index in [1.165, 1.54) is 0 Å². The Bertz CT molecular complexity index is 822. The van der Waals surface area contributed by atoms with Crippen LogP contribution in [0, 0.1) is 17.2 Å². The van der Waals surface area contributed by atoms with Crippen molar-refractivity contribution in [2.45, 2.75) is 30.7 Å². The molecular formula is C19H22N4O4S. The van der Waals surface area contributed by atoms with Crippen LogP contribution in [0.1, 0.15) is 12.0 Å². The molecule has 3 aliphatic rings. The summed E-state index contributed by atoms with van der Waals surface area (Å²) in [4.78, 5) is 16.8. The molecule has 1 saturated carbocycles. The van der Waals surface area contributed by atoms with Gasteiger partial charge >= 0.3 is 0 Å². The van der Waals surface area contributed by atoms with E-state index in [-0.39, 0.29) is 12.3 Å². The summed E-state index contributed by atoms with van der Waals surface area (Å²) in [6.45, 7) is 1.99. The molecule has 3 N–H and O–H groups in total. The highest BCUT2D eigenvalue weighted by atomic mass is 32.1. The van der Waals surface area contributed by atoms with E-state index >= 15 is 0 Å². The Morgan fingerprint density at radius 3 is 2.79 bits per heavy atom. The molecule has 5 atom stereocenters. The van der Waals surface area contributed by atoms with Crippen LogP contribution < -0.4 is 10.2 Å². The van der Waals surface area contributed by atoms with E-state index in [1.54, 1.807) is 28.0 Å². The third-order valence-corrected chi connectivity index (χ3v) is 6.05. The number of hydrogen-bond donors (Lipinski definition) is 3. The Morgan fingerprint density at radius 1 is 1.32 bits per heavy atom. The van der Waals surface area contributed by atoms with Crippen LogP contribution in [0.2, 0.25) is 0 Å². The number of anilines is 1. The van der Waals surface area contributed by atoms with Gasteiger partial charge < -0.3 is 30.1 Å². The number of rotatable bonds is 2. The number of ether oxygens (including phenoxy) is 1. The molecule has 1 aromatic rings. The van der Waals surface area contributed by atoms with E-state index in [1.807, 2.05) is 6.07 Å². The van der Waals surface area contributed by atoms with Crippen LogP contribution in [0.5, 0.6) is 0 Å². The number of fused-ring (bicyclic) bond motifs is 1. The molecule has 2 saturated heterocycles. The normalized spacial score (nSPS) is 32.5. The maximum Gasteiger partial charge on any atom is 0.228 e. The maximum absolute atomic E-state index is 13.3. The Morgan fingerprint density at radius 2 is 2.07 bits per heavy atom. The number of benzene rings is 1. The molecule has 0 unspecified atom stereocenters. The summed E-state index contributed by atoms with van der Waals surface area (Å²) < 4.78 is 5.34. The van der Waals surface area contributed by atoms with Crippen LogP contribution in [-0.2, 0) is 9.53 Å². The van der Waals surface area contributed by atoms with E-state index in [2.05, 4.69) is 11.4 Å². The van der Waals surface area contributed by atoms with Crippen LogP contribution in [-0.4, -0.2) is 76.7 Å². The SMILES string of the molecule is N#Cc1cccc(N2C(=S)N[C@H]3[C@@H](O)[C@H](O)C[C@@H](C(=O)N4CCOCC4)[C@@H]32)c1. The largest absolute Gasteiger partial charge is 0.390 e. The van der Waals surface area contributed by atoms with Crippen molar-refractivity contribution in [3.8, 4) is 6.07 Å². The number of thiocarbonyl (C=S) groups is 1. The minimum atomic E-state index is -1.04. The second-order valence-electron chi connectivity index (χ2n) is 7.34. The number of aliphatic hydroxyl groups excluding tert-OH is 2. The van der Waals surface area contributed by atoms with Gasteiger partial charge in [0, 0.05) is 18.8 Å². The molecular weight excluding hydrogens is 380 g/mol. The zero-order chi connectivity index (χ0) is 19.8. The lowest BCUT2D eigenvalue weighted by Gasteiger charge is -2.43. The predicted octanol–water partition coefficient (Wildman–Crippen LogP) is -0.410. The fourth-order valence-corrected chi connectivity index (χ4v) is 4.73. The second-order valence-corrected chi connectivity index (χ2v) is 7.72. The average molecular weight is 402 g/mol. The quantitative estimate of drug-likeness (QED) is 0.573. The van der Waals surface area contributed by atoms with Gasteiger partial charge in [-0.25, -0.2) is 0 Å². The van der Waals surface area contributed by atoms with E-state index in [4.69, 9.17) is 17.0 Å². The molecule has 1 aromatic carbocycles. The molecule has 0 radical (unpaired) electrons. The van der Waals surface area contributed by atoms with Gasteiger partial charge in [-0.2, -0.15) is 5.26 Å². The molecule has 9 heteroatoms. The number of morpholine rings is 1. The van der Waals surface area contributed by atoms with Crippen molar-refractivity contribution in [2.75, 3.05) is 31.2 Å². The summed E-state index contributed by atoms with van der Waals surface area (Å²) in [5.74, 6) is -0.614. The van der Waals surface area contributed by atoms with Crippen LogP contribution >= 0.6 is 12.2 Å². The molecule has 2 aliphatic heterocycles. The minimum absolute atomic E-state index is 0.0720. The van der Waals surface area contributed by atoms with Crippen molar-refractivity contribution in [1.82, 2.24) is 10.2 Å². The Balaban J connectivity index is 1.70. The van der Waals surface area contributed by atoms with Gasteiger partial charge in [0.05, 0.1) is 49.0 Å². The first-order valence-corrected chi connectivity index (χ1v) is 9.74. The average Bonchev–Trinajstić information content (AvgIpc) is 3.08. The lowest BCUT2D eigenvalue weighted by Crippen LogP contribution is -2.61. The molecule has 0 aromatic heterocycles. The number of nitriles is 1. The van der Waals surface area contributed by atoms with Gasteiger partial charge in [-0.1, -0.05) is 6.07 Å². The summed E-state index contributed by atoms with van der Waals surface area (Å²) in [6, 6.07) is 8.08. The van der Waals surface area contributed by atoms with Gasteiger partial charge in [0.2, 0.25) is 5.91 Å². The summed E-state index contributed by atoms with van der Waals surface area (Å²) in [6.07, 6.45) is -1.91. The van der Waals surface area contributed by atoms with Crippen LogP contribution in [0.3, 0.4) is 0 Å². The smallest absolute Gasteiger partial charge is 0.228 e. The number of carbonyl (C=O) groups excluding carboxylic acids is 1. The standard InChI is InChI=1S/C19H22N4O4S/c20-10-11-2-1-3-12(8-11)23-16-13(18(26)22-4-6-27-7-5-22)9-14(24)17(25)15(16)21-19(23)28/h1-3,8,13-17,24-25H,4-7,9H2,(H,21,28)/t13-,14-,15-,16+,17+/m1/s1. The summed E-state index contributed by atoms with van der Waals surface area (Å²) >= 11 is 5.50. The molecule has 28 heavy (non-hydrogen) atoms. The fourth-order valence-electron chi connectivity index (χ4n) is 4.37. The van der Waals surface area contributed by atoms with Crippen LogP contribution in [0.25, 0.3) is 0 Å². The minimum Gasteiger partial charge on any atom is -0.390 e. The summed E-state index contributed by atoms with van der Waals surface area (Å²) in [5, 5.41) is 33.6. The van der Waals surface area contributed by atoms with E-state index in [9.17, 15) is 20.3 Å². The number of nitrogens with zero attached hydrogens (tertiary/aromatic N) is 3. The van der Waals surface area contributed by atoms with Gasteiger partial charge in [-0.3, -0.25) is 4.79 Å². The summed E-state index contributed by atoms with van der Waals surface area (Å²) in [5.41, 5.74) is 1.17. The highest BCUT2D eigenvalue weighted by Gasteiger charge is 2.54. The molecule has 3 fully saturated rings. The number of hydrogen-bond acceptors (Lipinski definition) is 6. The maximum atomic E-state index is 13.3. The van der Waals surface area contributed by atoms with Crippen molar-refractivity contribution in [1.29, 1.82) is 5.26 Å². The second kappa shape index (κ2) is 7.64. The van der Waals surface area contributed by atoms with Crippen LogP contribution in [0.4, 0.5) is 5.69 Å². The third kappa shape index (κ3) is 3.22.